The minimum atomic E-state index is -5.08. The molecule has 164 valence electrons. The molecular weight excluding hydrogens is 407 g/mol. The molecule has 4 aliphatic rings. The van der Waals surface area contributed by atoms with E-state index in [1.54, 1.807) is 7.11 Å². The van der Waals surface area contributed by atoms with Crippen LogP contribution in [0.3, 0.4) is 0 Å². The quantitative estimate of drug-likeness (QED) is 0.701. The predicted octanol–water partition coefficient (Wildman–Crippen LogP) is 1.68. The maximum atomic E-state index is 12.7. The number of aliphatic hydroxyl groups is 1. The molecule has 1 saturated carbocycles. The number of rotatable bonds is 1. The zero-order valence-electron chi connectivity index (χ0n) is 16.5. The average Bonchev–Trinajstić information content (AvgIpc) is 3.03. The van der Waals surface area contributed by atoms with Gasteiger partial charge in [0.05, 0.1) is 18.1 Å². The zero-order chi connectivity index (χ0) is 22.1. The standard InChI is InChI=1S/C18H21NO4.C2HF3O2/c1-19-8-7-17-14-10-3-4-12(22-2)15(14)23-16(17)11(20)5-6-18(17,21)13(19)9-10;3-2(4,5)1(6)7/h3-4,13,16,21H,5-9H2,1-2H3;(H,6,7)/t13-,16+,17+,18-;/m1./s1. The molecule has 10 heteroatoms. The SMILES string of the molecule is COc1ccc2c3c1O[C@H]1C(=O)CC[C@@]4(O)[C@@H](C2)N(C)CC[C@]314.O=C(O)C(F)(F)F. The maximum Gasteiger partial charge on any atom is 0.490 e. The Bertz CT molecular complexity index is 919. The van der Waals surface area contributed by atoms with Gasteiger partial charge in [0.2, 0.25) is 0 Å². The fourth-order valence-corrected chi connectivity index (χ4v) is 5.69. The van der Waals surface area contributed by atoms with Crippen LogP contribution in [0.5, 0.6) is 11.5 Å². The molecule has 2 N–H and O–H groups in total. The van der Waals surface area contributed by atoms with Crippen LogP contribution in [0.25, 0.3) is 0 Å². The minimum absolute atomic E-state index is 0.0438. The number of likely N-dealkylation sites (tertiary alicyclic amines) is 1. The monoisotopic (exact) mass is 429 g/mol. The second-order valence-electron chi connectivity index (χ2n) is 8.24. The number of carbonyl (C=O) groups excluding carboxylic acids is 1. The van der Waals surface area contributed by atoms with Gasteiger partial charge < -0.3 is 24.6 Å². The van der Waals surface area contributed by atoms with E-state index in [1.165, 1.54) is 5.56 Å². The van der Waals surface area contributed by atoms with Gasteiger partial charge in [-0.25, -0.2) is 4.79 Å². The van der Waals surface area contributed by atoms with Crippen molar-refractivity contribution in [1.29, 1.82) is 0 Å². The fourth-order valence-electron chi connectivity index (χ4n) is 5.69. The minimum Gasteiger partial charge on any atom is -0.493 e. The van der Waals surface area contributed by atoms with Crippen molar-refractivity contribution in [3.05, 3.63) is 23.3 Å². The molecule has 1 saturated heterocycles. The second-order valence-corrected chi connectivity index (χ2v) is 8.24. The summed E-state index contributed by atoms with van der Waals surface area (Å²) in [5.74, 6) is -1.29. The summed E-state index contributed by atoms with van der Waals surface area (Å²) >= 11 is 0. The van der Waals surface area contributed by atoms with E-state index in [2.05, 4.69) is 18.0 Å². The molecule has 30 heavy (non-hydrogen) atoms. The lowest BCUT2D eigenvalue weighted by Crippen LogP contribution is -2.76. The Hall–Kier alpha value is -2.33. The molecule has 1 aromatic carbocycles. The summed E-state index contributed by atoms with van der Waals surface area (Å²) in [6.45, 7) is 0.871. The van der Waals surface area contributed by atoms with E-state index in [4.69, 9.17) is 19.4 Å². The first-order valence-electron chi connectivity index (χ1n) is 9.60. The normalized spacial score (nSPS) is 33.7. The molecule has 2 aliphatic heterocycles. The van der Waals surface area contributed by atoms with Gasteiger partial charge in [0.15, 0.2) is 23.4 Å². The van der Waals surface area contributed by atoms with Gasteiger partial charge in [-0.15, -0.1) is 0 Å². The van der Waals surface area contributed by atoms with E-state index < -0.39 is 29.3 Å². The summed E-state index contributed by atoms with van der Waals surface area (Å²) in [6, 6.07) is 4.05. The van der Waals surface area contributed by atoms with Gasteiger partial charge >= 0.3 is 12.1 Å². The summed E-state index contributed by atoms with van der Waals surface area (Å²) in [7, 11) is 3.70. The fraction of sp³-hybridized carbons (Fsp3) is 0.600. The Labute approximate surface area is 170 Å². The van der Waals surface area contributed by atoms with Crippen molar-refractivity contribution in [2.75, 3.05) is 20.7 Å². The van der Waals surface area contributed by atoms with E-state index in [-0.39, 0.29) is 11.8 Å². The maximum absolute atomic E-state index is 12.7. The number of carbonyl (C=O) groups is 2. The molecular formula is C20H22F3NO6. The topological polar surface area (TPSA) is 96.3 Å². The van der Waals surface area contributed by atoms with Crippen molar-refractivity contribution in [2.45, 2.75) is 55.0 Å². The van der Waals surface area contributed by atoms with Crippen LogP contribution in [0.1, 0.15) is 30.4 Å². The van der Waals surface area contributed by atoms with E-state index in [9.17, 15) is 23.1 Å². The highest BCUT2D eigenvalue weighted by atomic mass is 19.4. The van der Waals surface area contributed by atoms with Crippen molar-refractivity contribution >= 4 is 11.8 Å². The van der Waals surface area contributed by atoms with E-state index in [0.717, 1.165) is 24.9 Å². The molecule has 0 aromatic heterocycles. The van der Waals surface area contributed by atoms with Crippen LogP contribution in [0, 0.1) is 0 Å². The van der Waals surface area contributed by atoms with Gasteiger partial charge in [-0.3, -0.25) is 4.79 Å². The molecule has 2 aliphatic carbocycles. The van der Waals surface area contributed by atoms with Crippen molar-refractivity contribution in [3.63, 3.8) is 0 Å². The highest BCUT2D eigenvalue weighted by Gasteiger charge is 2.72. The number of alkyl halides is 3. The molecule has 1 spiro atoms. The summed E-state index contributed by atoms with van der Waals surface area (Å²) in [5.41, 5.74) is 0.737. The van der Waals surface area contributed by atoms with Crippen LogP contribution in [0.15, 0.2) is 12.1 Å². The molecule has 2 heterocycles. The number of halogens is 3. The number of hydrogen-bond acceptors (Lipinski definition) is 6. The van der Waals surface area contributed by atoms with Gasteiger partial charge in [0.1, 0.15) is 0 Å². The number of carboxylic acid groups (broad SMARTS) is 1. The molecule has 0 amide bonds. The number of ketones is 1. The highest BCUT2D eigenvalue weighted by molar-refractivity contribution is 5.90. The van der Waals surface area contributed by atoms with Crippen molar-refractivity contribution in [1.82, 2.24) is 4.90 Å². The van der Waals surface area contributed by atoms with Crippen molar-refractivity contribution in [3.8, 4) is 11.5 Å². The number of aliphatic carboxylic acids is 1. The zero-order valence-corrected chi connectivity index (χ0v) is 16.5. The lowest BCUT2D eigenvalue weighted by Gasteiger charge is -2.62. The lowest BCUT2D eigenvalue weighted by molar-refractivity contribution is -0.192. The molecule has 2 fully saturated rings. The number of ether oxygens (including phenoxy) is 2. The van der Waals surface area contributed by atoms with Crippen LogP contribution in [0.4, 0.5) is 13.2 Å². The van der Waals surface area contributed by atoms with Crippen LogP contribution in [-0.2, 0) is 21.4 Å². The molecule has 1 aromatic rings. The van der Waals surface area contributed by atoms with E-state index >= 15 is 0 Å². The molecule has 0 unspecified atom stereocenters. The summed E-state index contributed by atoms with van der Waals surface area (Å²) in [5, 5.41) is 18.9. The number of benzene rings is 1. The number of carboxylic acids is 1. The summed E-state index contributed by atoms with van der Waals surface area (Å²) in [4.78, 5) is 23.8. The summed E-state index contributed by atoms with van der Waals surface area (Å²) < 4.78 is 43.4. The number of likely N-dealkylation sites (N-methyl/N-ethyl adjacent to an activating group) is 1. The first-order valence-corrected chi connectivity index (χ1v) is 9.60. The number of Topliss-reactive ketones (excluding diaryl/α,β-unsaturated/α-hetero) is 1. The largest absolute Gasteiger partial charge is 0.493 e. The number of piperidine rings is 1. The molecule has 0 radical (unpaired) electrons. The Balaban J connectivity index is 0.000000272. The van der Waals surface area contributed by atoms with Crippen LogP contribution >= 0.6 is 0 Å². The number of methoxy groups -OCH3 is 1. The first-order chi connectivity index (χ1) is 14.0. The Morgan fingerprint density at radius 3 is 2.60 bits per heavy atom. The van der Waals surface area contributed by atoms with Gasteiger partial charge in [0.25, 0.3) is 0 Å². The second kappa shape index (κ2) is 6.58. The smallest absolute Gasteiger partial charge is 0.490 e. The van der Waals surface area contributed by atoms with Crippen molar-refractivity contribution in [2.24, 2.45) is 0 Å². The third-order valence-corrected chi connectivity index (χ3v) is 6.97. The number of hydrogen-bond donors (Lipinski definition) is 2. The van der Waals surface area contributed by atoms with Gasteiger partial charge in [-0.05, 0) is 44.5 Å². The molecule has 4 atom stereocenters. The Kier molecular flexibility index (Phi) is 4.59. The van der Waals surface area contributed by atoms with Crippen LogP contribution in [-0.4, -0.2) is 71.5 Å². The van der Waals surface area contributed by atoms with Crippen LogP contribution in [0.2, 0.25) is 0 Å². The van der Waals surface area contributed by atoms with Crippen LogP contribution < -0.4 is 9.47 Å². The third-order valence-electron chi connectivity index (χ3n) is 6.97. The van der Waals surface area contributed by atoms with Gasteiger partial charge in [-0.1, -0.05) is 6.07 Å². The number of nitrogens with zero attached hydrogens (tertiary/aromatic N) is 1. The highest BCUT2D eigenvalue weighted by Crippen LogP contribution is 2.64. The first kappa shape index (κ1) is 20.9. The molecule has 5 rings (SSSR count). The summed E-state index contributed by atoms with van der Waals surface area (Å²) in [6.07, 6.45) is -3.19. The molecule has 2 bridgehead atoms. The van der Waals surface area contributed by atoms with Gasteiger partial charge in [0, 0.05) is 18.0 Å². The van der Waals surface area contributed by atoms with Crippen molar-refractivity contribution < 1.29 is 42.4 Å². The Morgan fingerprint density at radius 2 is 2.00 bits per heavy atom. The lowest BCUT2D eigenvalue weighted by atomic mass is 9.49. The predicted molar refractivity (Wildman–Crippen MR) is 96.7 cm³/mol. The Morgan fingerprint density at radius 1 is 1.33 bits per heavy atom. The average molecular weight is 429 g/mol. The third kappa shape index (κ3) is 2.59. The molecule has 7 nitrogen and oxygen atoms in total. The van der Waals surface area contributed by atoms with E-state index in [0.29, 0.717) is 24.3 Å². The van der Waals surface area contributed by atoms with Gasteiger partial charge in [-0.2, -0.15) is 13.2 Å². The van der Waals surface area contributed by atoms with E-state index in [1.807, 2.05) is 6.07 Å².